The van der Waals surface area contributed by atoms with Crippen LogP contribution in [0.2, 0.25) is 0 Å². The Kier molecular flexibility index (Phi) is 8.19. The normalized spacial score (nSPS) is 11.2. The van der Waals surface area contributed by atoms with Crippen molar-refractivity contribution in [1.29, 1.82) is 0 Å². The molecule has 0 fully saturated rings. The van der Waals surface area contributed by atoms with Crippen LogP contribution in [0, 0.1) is 5.92 Å². The molecule has 0 aliphatic carbocycles. The Morgan fingerprint density at radius 3 is 2.59 bits per heavy atom. The van der Waals surface area contributed by atoms with Crippen molar-refractivity contribution in [2.24, 2.45) is 5.92 Å². The number of aromatic nitrogens is 5. The summed E-state index contributed by atoms with van der Waals surface area (Å²) in [4.78, 5) is 4.56. The Bertz CT molecular complexity index is 1180. The van der Waals surface area contributed by atoms with Gasteiger partial charge in [-0.25, -0.2) is 0 Å². The largest absolute Gasteiger partial charge is 0.493 e. The van der Waals surface area contributed by atoms with Gasteiger partial charge in [-0.05, 0) is 43.5 Å². The van der Waals surface area contributed by atoms with Crippen molar-refractivity contribution in [2.75, 3.05) is 6.61 Å². The maximum atomic E-state index is 5.91. The lowest BCUT2D eigenvalue weighted by Gasteiger charge is -2.12. The van der Waals surface area contributed by atoms with Crippen LogP contribution in [0.4, 0.5) is 0 Å². The van der Waals surface area contributed by atoms with E-state index in [1.54, 1.807) is 0 Å². The highest BCUT2D eigenvalue weighted by Crippen LogP contribution is 2.29. The molecule has 2 heterocycles. The first-order valence-electron chi connectivity index (χ1n) is 11.4. The second-order valence-corrected chi connectivity index (χ2v) is 9.01. The van der Waals surface area contributed by atoms with Gasteiger partial charge in [0, 0.05) is 6.54 Å². The van der Waals surface area contributed by atoms with E-state index >= 15 is 0 Å². The Balaban J connectivity index is 1.45. The molecule has 4 aromatic rings. The number of rotatable bonds is 12. The fourth-order valence-electron chi connectivity index (χ4n) is 3.29. The van der Waals surface area contributed by atoms with Crippen LogP contribution in [0.1, 0.15) is 38.9 Å². The Hall–Kier alpha value is -3.33. The summed E-state index contributed by atoms with van der Waals surface area (Å²) in [5, 5.41) is 13.8. The zero-order chi connectivity index (χ0) is 23.8. The van der Waals surface area contributed by atoms with E-state index < -0.39 is 0 Å². The summed E-state index contributed by atoms with van der Waals surface area (Å²) in [6.45, 7) is 8.10. The van der Waals surface area contributed by atoms with Crippen molar-refractivity contribution in [3.8, 4) is 22.9 Å². The molecule has 2 aromatic carbocycles. The summed E-state index contributed by atoms with van der Waals surface area (Å²) in [5.41, 5.74) is 0.810. The van der Waals surface area contributed by atoms with Crippen LogP contribution in [0.25, 0.3) is 11.4 Å². The maximum absolute atomic E-state index is 5.91. The summed E-state index contributed by atoms with van der Waals surface area (Å²) in [6.07, 6.45) is 1.02. The van der Waals surface area contributed by atoms with Crippen LogP contribution in [0.3, 0.4) is 0 Å². The fourth-order valence-corrected chi connectivity index (χ4v) is 4.11. The summed E-state index contributed by atoms with van der Waals surface area (Å²) in [7, 11) is 0. The molecule has 0 atom stereocenters. The minimum atomic E-state index is 0.356. The van der Waals surface area contributed by atoms with Crippen LogP contribution in [0.15, 0.2) is 64.3 Å². The number of benzene rings is 2. The van der Waals surface area contributed by atoms with E-state index in [0.717, 1.165) is 41.0 Å². The molecule has 34 heavy (non-hydrogen) atoms. The van der Waals surface area contributed by atoms with Crippen LogP contribution in [-0.4, -0.2) is 31.5 Å². The van der Waals surface area contributed by atoms with Gasteiger partial charge in [0.2, 0.25) is 11.7 Å². The molecular formula is C25H29N5O3S. The first kappa shape index (κ1) is 23.8. The third kappa shape index (κ3) is 6.17. The second kappa shape index (κ2) is 11.7. The topological polar surface area (TPSA) is 88.1 Å². The average Bonchev–Trinajstić information content (AvgIpc) is 3.48. The van der Waals surface area contributed by atoms with Crippen molar-refractivity contribution in [2.45, 2.75) is 51.3 Å². The van der Waals surface area contributed by atoms with Crippen molar-refractivity contribution < 1.29 is 14.0 Å². The molecule has 0 radical (unpaired) electrons. The highest BCUT2D eigenvalue weighted by molar-refractivity contribution is 7.98. The molecule has 0 aliphatic heterocycles. The van der Waals surface area contributed by atoms with Gasteiger partial charge in [-0.3, -0.25) is 0 Å². The van der Waals surface area contributed by atoms with E-state index in [2.05, 4.69) is 38.8 Å². The molecule has 0 bridgehead atoms. The number of ether oxygens (including phenoxy) is 2. The average molecular weight is 480 g/mol. The molecule has 0 N–H and O–H groups in total. The predicted octanol–water partition coefficient (Wildman–Crippen LogP) is 5.64. The minimum absolute atomic E-state index is 0.356. The summed E-state index contributed by atoms with van der Waals surface area (Å²) < 4.78 is 19.2. The van der Waals surface area contributed by atoms with Crippen molar-refractivity contribution in [3.63, 3.8) is 0 Å². The molecule has 0 spiro atoms. The van der Waals surface area contributed by atoms with Crippen LogP contribution < -0.4 is 9.47 Å². The maximum Gasteiger partial charge on any atom is 0.237 e. The first-order chi connectivity index (χ1) is 16.6. The lowest BCUT2D eigenvalue weighted by Crippen LogP contribution is -2.10. The summed E-state index contributed by atoms with van der Waals surface area (Å²) in [6, 6.07) is 17.4. The molecule has 8 nitrogen and oxygen atoms in total. The SMILES string of the molecule is CCOc1ccccc1-c1noc(CSc2nnc(COc3ccccc3)n2CCC(C)C)n1. The third-order valence-corrected chi connectivity index (χ3v) is 6.01. The number of hydrogen-bond acceptors (Lipinski definition) is 8. The van der Waals surface area contributed by atoms with Crippen molar-refractivity contribution >= 4 is 11.8 Å². The van der Waals surface area contributed by atoms with Gasteiger partial charge in [-0.15, -0.1) is 10.2 Å². The molecule has 4 rings (SSSR count). The van der Waals surface area contributed by atoms with Crippen LogP contribution in [0.5, 0.6) is 11.5 Å². The van der Waals surface area contributed by atoms with Gasteiger partial charge in [0.25, 0.3) is 0 Å². The van der Waals surface area contributed by atoms with Gasteiger partial charge < -0.3 is 18.6 Å². The molecule has 0 saturated carbocycles. The van der Waals surface area contributed by atoms with E-state index in [1.807, 2.05) is 61.5 Å². The quantitative estimate of drug-likeness (QED) is 0.241. The van der Waals surface area contributed by atoms with Crippen molar-refractivity contribution in [1.82, 2.24) is 24.9 Å². The number of nitrogens with zero attached hydrogens (tertiary/aromatic N) is 5. The van der Waals surface area contributed by atoms with E-state index in [9.17, 15) is 0 Å². The highest BCUT2D eigenvalue weighted by Gasteiger charge is 2.17. The van der Waals surface area contributed by atoms with E-state index in [-0.39, 0.29) is 0 Å². The lowest BCUT2D eigenvalue weighted by molar-refractivity contribution is 0.285. The van der Waals surface area contributed by atoms with Crippen LogP contribution >= 0.6 is 11.8 Å². The Labute approximate surface area is 203 Å². The van der Waals surface area contributed by atoms with Crippen molar-refractivity contribution in [3.05, 3.63) is 66.3 Å². The lowest BCUT2D eigenvalue weighted by atomic mass is 10.1. The predicted molar refractivity (Wildman–Crippen MR) is 131 cm³/mol. The van der Waals surface area contributed by atoms with E-state index in [1.165, 1.54) is 11.8 Å². The molecule has 0 aliphatic rings. The summed E-state index contributed by atoms with van der Waals surface area (Å²) in [5.74, 6) is 4.42. The van der Waals surface area contributed by atoms with Gasteiger partial charge in [-0.2, -0.15) is 4.98 Å². The highest BCUT2D eigenvalue weighted by atomic mass is 32.2. The van der Waals surface area contributed by atoms with E-state index in [0.29, 0.717) is 36.6 Å². The Morgan fingerprint density at radius 1 is 1.00 bits per heavy atom. The van der Waals surface area contributed by atoms with Gasteiger partial charge in [-0.1, -0.05) is 61.1 Å². The van der Waals surface area contributed by atoms with Gasteiger partial charge in [0.1, 0.15) is 18.1 Å². The number of para-hydroxylation sites is 2. The van der Waals surface area contributed by atoms with E-state index in [4.69, 9.17) is 14.0 Å². The fraction of sp³-hybridized carbons (Fsp3) is 0.360. The monoisotopic (exact) mass is 479 g/mol. The van der Waals surface area contributed by atoms with Gasteiger partial charge >= 0.3 is 0 Å². The standard InChI is InChI=1S/C25H29N5O3S/c1-4-31-21-13-9-8-12-20(21)24-26-23(33-29-24)17-34-25-28-27-22(30(25)15-14-18(2)3)16-32-19-10-6-5-7-11-19/h5-13,18H,4,14-17H2,1-3H3. The number of hydrogen-bond donors (Lipinski definition) is 0. The molecule has 0 amide bonds. The summed E-state index contributed by atoms with van der Waals surface area (Å²) >= 11 is 1.52. The van der Waals surface area contributed by atoms with Crippen LogP contribution in [-0.2, 0) is 18.9 Å². The smallest absolute Gasteiger partial charge is 0.237 e. The van der Waals surface area contributed by atoms with Gasteiger partial charge in [0.05, 0.1) is 17.9 Å². The third-order valence-electron chi connectivity index (χ3n) is 5.06. The number of thioether (sulfide) groups is 1. The minimum Gasteiger partial charge on any atom is -0.493 e. The molecule has 2 aromatic heterocycles. The molecule has 9 heteroatoms. The first-order valence-corrected chi connectivity index (χ1v) is 12.4. The molecule has 178 valence electrons. The second-order valence-electron chi connectivity index (χ2n) is 8.06. The molecule has 0 saturated heterocycles. The zero-order valence-corrected chi connectivity index (χ0v) is 20.5. The molecular weight excluding hydrogens is 450 g/mol. The molecule has 0 unspecified atom stereocenters. The zero-order valence-electron chi connectivity index (χ0n) is 19.7. The Morgan fingerprint density at radius 2 is 1.79 bits per heavy atom. The van der Waals surface area contributed by atoms with Gasteiger partial charge in [0.15, 0.2) is 11.0 Å².